The van der Waals surface area contributed by atoms with E-state index in [0.717, 1.165) is 22.1 Å². The summed E-state index contributed by atoms with van der Waals surface area (Å²) in [5.41, 5.74) is 8.53. The zero-order valence-corrected chi connectivity index (χ0v) is 15.9. The predicted molar refractivity (Wildman–Crippen MR) is 104 cm³/mol. The molecular formula is C21H23N3O3. The first-order valence-electron chi connectivity index (χ1n) is 8.66. The Morgan fingerprint density at radius 2 is 1.78 bits per heavy atom. The smallest absolute Gasteiger partial charge is 0.405 e. The van der Waals surface area contributed by atoms with Crippen LogP contribution in [0, 0.1) is 5.41 Å². The molecule has 6 nitrogen and oxygen atoms in total. The summed E-state index contributed by atoms with van der Waals surface area (Å²) >= 11 is 0. The van der Waals surface area contributed by atoms with Crippen LogP contribution in [0.4, 0.5) is 4.79 Å². The van der Waals surface area contributed by atoms with Crippen molar-refractivity contribution in [2.75, 3.05) is 7.11 Å². The van der Waals surface area contributed by atoms with Gasteiger partial charge < -0.3 is 15.2 Å². The Hall–Kier alpha value is -3.15. The number of ether oxygens (including phenoxy) is 2. The van der Waals surface area contributed by atoms with Crippen molar-refractivity contribution in [2.45, 2.75) is 26.9 Å². The maximum Gasteiger partial charge on any atom is 0.405 e. The van der Waals surface area contributed by atoms with E-state index in [1.165, 1.54) is 0 Å². The molecule has 0 aliphatic rings. The number of hydrogen-bond acceptors (Lipinski definition) is 5. The minimum Gasteiger partial charge on any atom is -0.481 e. The maximum atomic E-state index is 11.3. The fraction of sp³-hybridized carbons (Fsp3) is 0.286. The van der Waals surface area contributed by atoms with Crippen molar-refractivity contribution in [2.24, 2.45) is 11.1 Å². The largest absolute Gasteiger partial charge is 0.481 e. The fourth-order valence-corrected chi connectivity index (χ4v) is 3.08. The molecule has 0 saturated heterocycles. The number of benzene rings is 1. The van der Waals surface area contributed by atoms with Gasteiger partial charge >= 0.3 is 6.09 Å². The van der Waals surface area contributed by atoms with Crippen LogP contribution in [0.2, 0.25) is 0 Å². The Balaban J connectivity index is 2.00. The van der Waals surface area contributed by atoms with Crippen molar-refractivity contribution < 1.29 is 14.3 Å². The molecule has 6 heteroatoms. The van der Waals surface area contributed by atoms with Gasteiger partial charge in [-0.15, -0.1) is 0 Å². The molecule has 1 atom stereocenters. The lowest BCUT2D eigenvalue weighted by Gasteiger charge is -2.30. The van der Waals surface area contributed by atoms with Gasteiger partial charge in [0.1, 0.15) is 6.10 Å². The number of methoxy groups -OCH3 is 1. The van der Waals surface area contributed by atoms with Crippen LogP contribution in [0.1, 0.15) is 32.4 Å². The molecule has 0 spiro atoms. The highest BCUT2D eigenvalue weighted by Crippen LogP contribution is 2.37. The second-order valence-corrected chi connectivity index (χ2v) is 7.39. The van der Waals surface area contributed by atoms with Gasteiger partial charge in [-0.2, -0.15) is 4.98 Å². The van der Waals surface area contributed by atoms with Crippen molar-refractivity contribution in [1.29, 1.82) is 0 Å². The zero-order chi connectivity index (χ0) is 19.6. The number of fused-ring (bicyclic) bond motifs is 1. The third-order valence-corrected chi connectivity index (χ3v) is 4.33. The Bertz CT molecular complexity index is 963. The number of aromatic nitrogens is 2. The van der Waals surface area contributed by atoms with E-state index in [4.69, 9.17) is 15.2 Å². The van der Waals surface area contributed by atoms with Crippen LogP contribution >= 0.6 is 0 Å². The normalized spacial score (nSPS) is 12.6. The van der Waals surface area contributed by atoms with Crippen molar-refractivity contribution in [3.05, 3.63) is 54.2 Å². The van der Waals surface area contributed by atoms with Crippen molar-refractivity contribution >= 4 is 17.1 Å². The first-order valence-corrected chi connectivity index (χ1v) is 8.66. The average Bonchev–Trinajstić information content (AvgIpc) is 2.64. The summed E-state index contributed by atoms with van der Waals surface area (Å²) < 4.78 is 10.5. The monoisotopic (exact) mass is 365 g/mol. The number of primary amides is 1. The Kier molecular flexibility index (Phi) is 4.99. The molecule has 2 heterocycles. The van der Waals surface area contributed by atoms with E-state index in [2.05, 4.69) is 9.97 Å². The number of amides is 1. The number of hydrogen-bond donors (Lipinski definition) is 1. The van der Waals surface area contributed by atoms with Gasteiger partial charge in [-0.1, -0.05) is 45.0 Å². The second-order valence-electron chi connectivity index (χ2n) is 7.39. The molecule has 0 bridgehead atoms. The lowest BCUT2D eigenvalue weighted by atomic mass is 9.84. The molecule has 0 aliphatic carbocycles. The molecule has 3 aromatic rings. The van der Waals surface area contributed by atoms with Gasteiger partial charge in [0.25, 0.3) is 0 Å². The van der Waals surface area contributed by atoms with Crippen LogP contribution in [0.5, 0.6) is 5.88 Å². The number of pyridine rings is 2. The summed E-state index contributed by atoms with van der Waals surface area (Å²) in [7, 11) is 1.58. The van der Waals surface area contributed by atoms with E-state index in [1.54, 1.807) is 13.3 Å². The van der Waals surface area contributed by atoms with Crippen LogP contribution in [-0.4, -0.2) is 23.2 Å². The summed E-state index contributed by atoms with van der Waals surface area (Å²) in [4.78, 5) is 20.0. The van der Waals surface area contributed by atoms with E-state index < -0.39 is 12.2 Å². The fourth-order valence-electron chi connectivity index (χ4n) is 3.08. The highest BCUT2D eigenvalue weighted by Gasteiger charge is 2.29. The molecule has 3 rings (SSSR count). The molecule has 1 unspecified atom stereocenters. The number of nitrogens with two attached hydrogens (primary N) is 1. The Labute approximate surface area is 158 Å². The van der Waals surface area contributed by atoms with E-state index in [1.807, 2.05) is 63.2 Å². The number of nitrogens with zero attached hydrogens (tertiary/aromatic N) is 2. The molecule has 2 aromatic heterocycles. The predicted octanol–water partition coefficient (Wildman–Crippen LogP) is 4.49. The molecule has 1 aromatic carbocycles. The first kappa shape index (κ1) is 18.6. The zero-order valence-electron chi connectivity index (χ0n) is 15.9. The van der Waals surface area contributed by atoms with E-state index >= 15 is 0 Å². The summed E-state index contributed by atoms with van der Waals surface area (Å²) in [6.45, 7) is 6.01. The van der Waals surface area contributed by atoms with Gasteiger partial charge in [0.2, 0.25) is 5.88 Å². The van der Waals surface area contributed by atoms with Gasteiger partial charge in [0.15, 0.2) is 5.65 Å². The third kappa shape index (κ3) is 4.00. The quantitative estimate of drug-likeness (QED) is 0.736. The molecule has 0 saturated carbocycles. The molecule has 140 valence electrons. The lowest BCUT2D eigenvalue weighted by molar-refractivity contribution is 0.0360. The molecule has 0 aliphatic heterocycles. The standard InChI is InChI=1S/C21H23N3O3/c1-21(2,3)18(27-20(22)25)14-7-5-13(6-8-14)15-11-12-23-19-16(15)9-10-17(24-19)26-4/h5-12,18H,1-4H3,(H2,22,25). The minimum atomic E-state index is -0.779. The average molecular weight is 365 g/mol. The van der Waals surface area contributed by atoms with Crippen LogP contribution < -0.4 is 10.5 Å². The van der Waals surface area contributed by atoms with Crippen LogP contribution in [0.15, 0.2) is 48.7 Å². The van der Waals surface area contributed by atoms with Crippen molar-refractivity contribution in [3.63, 3.8) is 0 Å². The van der Waals surface area contributed by atoms with E-state index in [-0.39, 0.29) is 5.41 Å². The highest BCUT2D eigenvalue weighted by atomic mass is 16.6. The Morgan fingerprint density at radius 1 is 1.07 bits per heavy atom. The van der Waals surface area contributed by atoms with Gasteiger partial charge in [-0.05, 0) is 28.8 Å². The maximum absolute atomic E-state index is 11.3. The second kappa shape index (κ2) is 7.23. The SMILES string of the molecule is COc1ccc2c(-c3ccc(C(OC(N)=O)C(C)(C)C)cc3)ccnc2n1. The van der Waals surface area contributed by atoms with Gasteiger partial charge in [-0.3, -0.25) is 0 Å². The number of carbonyl (C=O) groups excluding carboxylic acids is 1. The summed E-state index contributed by atoms with van der Waals surface area (Å²) in [5.74, 6) is 0.527. The van der Waals surface area contributed by atoms with E-state index in [9.17, 15) is 4.79 Å². The van der Waals surface area contributed by atoms with Crippen LogP contribution in [0.25, 0.3) is 22.2 Å². The molecule has 1 amide bonds. The summed E-state index contributed by atoms with van der Waals surface area (Å²) in [6, 6.07) is 13.6. The number of rotatable bonds is 4. The van der Waals surface area contributed by atoms with Crippen molar-refractivity contribution in [1.82, 2.24) is 9.97 Å². The number of carbonyl (C=O) groups is 1. The molecule has 0 fully saturated rings. The minimum absolute atomic E-state index is 0.277. The van der Waals surface area contributed by atoms with Crippen molar-refractivity contribution in [3.8, 4) is 17.0 Å². The van der Waals surface area contributed by atoms with Gasteiger partial charge in [0.05, 0.1) is 7.11 Å². The molecular weight excluding hydrogens is 342 g/mol. The van der Waals surface area contributed by atoms with Crippen LogP contribution in [0.3, 0.4) is 0 Å². The van der Waals surface area contributed by atoms with Crippen LogP contribution in [-0.2, 0) is 4.74 Å². The summed E-state index contributed by atoms with van der Waals surface area (Å²) in [6.07, 6.45) is 0.523. The van der Waals surface area contributed by atoms with Gasteiger partial charge in [0, 0.05) is 23.1 Å². The lowest BCUT2D eigenvalue weighted by Crippen LogP contribution is -2.26. The van der Waals surface area contributed by atoms with E-state index in [0.29, 0.717) is 11.5 Å². The molecule has 0 radical (unpaired) electrons. The topological polar surface area (TPSA) is 87.3 Å². The Morgan fingerprint density at radius 3 is 2.37 bits per heavy atom. The molecule has 2 N–H and O–H groups in total. The summed E-state index contributed by atoms with van der Waals surface area (Å²) in [5, 5.41) is 0.937. The third-order valence-electron chi connectivity index (χ3n) is 4.33. The van der Waals surface area contributed by atoms with Gasteiger partial charge in [-0.25, -0.2) is 9.78 Å². The highest BCUT2D eigenvalue weighted by molar-refractivity contribution is 5.92. The molecule has 27 heavy (non-hydrogen) atoms. The first-order chi connectivity index (χ1) is 12.8.